The summed E-state index contributed by atoms with van der Waals surface area (Å²) < 4.78 is 6.99. The van der Waals surface area contributed by atoms with Crippen molar-refractivity contribution in [2.24, 2.45) is 0 Å². The Labute approximate surface area is 138 Å². The van der Waals surface area contributed by atoms with Crippen LogP contribution in [0.1, 0.15) is 18.6 Å². The van der Waals surface area contributed by atoms with Crippen LogP contribution in [0.4, 0.5) is 5.69 Å². The highest BCUT2D eigenvalue weighted by Gasteiger charge is 2.18. The Morgan fingerprint density at radius 3 is 2.38 bits per heavy atom. The van der Waals surface area contributed by atoms with Gasteiger partial charge in [0.2, 0.25) is 5.75 Å². The summed E-state index contributed by atoms with van der Waals surface area (Å²) in [6.45, 7) is 1.60. The van der Waals surface area contributed by atoms with Gasteiger partial charge in [0, 0.05) is 20.6 Å². The SMILES string of the molecule is CC(O)c1ccc(Br)cc1Oc1ccc(Br)cc1[N+](=O)[O-]. The Bertz CT molecular complexity index is 689. The molecule has 0 radical (unpaired) electrons. The molecule has 0 aromatic heterocycles. The van der Waals surface area contributed by atoms with Crippen molar-refractivity contribution in [3.63, 3.8) is 0 Å². The lowest BCUT2D eigenvalue weighted by Crippen LogP contribution is -1.98. The summed E-state index contributed by atoms with van der Waals surface area (Å²) in [6.07, 6.45) is -0.748. The lowest BCUT2D eigenvalue weighted by molar-refractivity contribution is -0.385. The number of hydrogen-bond acceptors (Lipinski definition) is 4. The van der Waals surface area contributed by atoms with Crippen LogP contribution in [-0.4, -0.2) is 10.0 Å². The van der Waals surface area contributed by atoms with Gasteiger partial charge in [0.25, 0.3) is 0 Å². The van der Waals surface area contributed by atoms with Crippen LogP contribution in [0.15, 0.2) is 45.3 Å². The molecule has 2 aromatic carbocycles. The van der Waals surface area contributed by atoms with E-state index < -0.39 is 11.0 Å². The molecule has 0 amide bonds. The Morgan fingerprint density at radius 2 is 1.76 bits per heavy atom. The van der Waals surface area contributed by atoms with Gasteiger partial charge in [-0.1, -0.05) is 37.9 Å². The first-order valence-electron chi connectivity index (χ1n) is 5.98. The molecule has 0 heterocycles. The zero-order valence-corrected chi connectivity index (χ0v) is 14.1. The van der Waals surface area contributed by atoms with E-state index in [1.165, 1.54) is 12.1 Å². The second-order valence-corrected chi connectivity index (χ2v) is 6.16. The Hall–Kier alpha value is -1.44. The first-order valence-corrected chi connectivity index (χ1v) is 7.56. The molecule has 1 atom stereocenters. The van der Waals surface area contributed by atoms with Crippen LogP contribution >= 0.6 is 31.9 Å². The first kappa shape index (κ1) is 15.9. The van der Waals surface area contributed by atoms with Gasteiger partial charge in [0.05, 0.1) is 11.0 Å². The van der Waals surface area contributed by atoms with Gasteiger partial charge in [-0.3, -0.25) is 10.1 Å². The van der Waals surface area contributed by atoms with Crippen molar-refractivity contribution >= 4 is 37.5 Å². The van der Waals surface area contributed by atoms with Crippen LogP contribution in [0.3, 0.4) is 0 Å². The molecule has 1 unspecified atom stereocenters. The van der Waals surface area contributed by atoms with Crippen molar-refractivity contribution in [2.45, 2.75) is 13.0 Å². The average molecular weight is 417 g/mol. The third-order valence-electron chi connectivity index (χ3n) is 2.76. The smallest absolute Gasteiger partial charge is 0.312 e. The van der Waals surface area contributed by atoms with Crippen molar-refractivity contribution in [1.82, 2.24) is 0 Å². The lowest BCUT2D eigenvalue weighted by atomic mass is 10.1. The van der Waals surface area contributed by atoms with Gasteiger partial charge in [-0.2, -0.15) is 0 Å². The molecule has 2 rings (SSSR count). The molecule has 0 saturated heterocycles. The molecule has 0 fully saturated rings. The molecule has 0 aliphatic carbocycles. The molecule has 1 N–H and O–H groups in total. The molecular weight excluding hydrogens is 406 g/mol. The second kappa shape index (κ2) is 6.55. The molecule has 0 aliphatic rings. The van der Waals surface area contributed by atoms with E-state index in [1.54, 1.807) is 31.2 Å². The van der Waals surface area contributed by atoms with E-state index >= 15 is 0 Å². The van der Waals surface area contributed by atoms with Crippen molar-refractivity contribution in [2.75, 3.05) is 0 Å². The van der Waals surface area contributed by atoms with E-state index in [0.29, 0.717) is 15.8 Å². The predicted molar refractivity (Wildman–Crippen MR) is 85.6 cm³/mol. The number of aliphatic hydroxyl groups is 1. The molecule has 0 spiro atoms. The van der Waals surface area contributed by atoms with Gasteiger partial charge < -0.3 is 9.84 Å². The van der Waals surface area contributed by atoms with E-state index in [0.717, 1.165) is 4.47 Å². The van der Waals surface area contributed by atoms with Gasteiger partial charge in [-0.05, 0) is 31.2 Å². The molecule has 0 bridgehead atoms. The number of nitrogens with zero attached hydrogens (tertiary/aromatic N) is 1. The van der Waals surface area contributed by atoms with Gasteiger partial charge >= 0.3 is 5.69 Å². The van der Waals surface area contributed by atoms with Gasteiger partial charge in [-0.25, -0.2) is 0 Å². The number of hydrogen-bond donors (Lipinski definition) is 1. The number of nitro groups is 1. The topological polar surface area (TPSA) is 72.6 Å². The summed E-state index contributed by atoms with van der Waals surface area (Å²) >= 11 is 6.51. The van der Waals surface area contributed by atoms with E-state index in [2.05, 4.69) is 31.9 Å². The monoisotopic (exact) mass is 415 g/mol. The molecule has 0 saturated carbocycles. The van der Waals surface area contributed by atoms with Crippen molar-refractivity contribution < 1.29 is 14.8 Å². The summed E-state index contributed by atoms with van der Waals surface area (Å²) in [5.74, 6) is 0.480. The number of aliphatic hydroxyl groups excluding tert-OH is 1. The number of nitro benzene ring substituents is 1. The van der Waals surface area contributed by atoms with Crippen LogP contribution in [0.5, 0.6) is 11.5 Å². The highest BCUT2D eigenvalue weighted by Crippen LogP contribution is 2.37. The molecule has 21 heavy (non-hydrogen) atoms. The maximum atomic E-state index is 11.1. The van der Waals surface area contributed by atoms with Crippen LogP contribution < -0.4 is 4.74 Å². The summed E-state index contributed by atoms with van der Waals surface area (Å²) in [5, 5.41) is 20.9. The Kier molecular flexibility index (Phi) is 4.97. The minimum absolute atomic E-state index is 0.114. The van der Waals surface area contributed by atoms with Crippen molar-refractivity contribution in [1.29, 1.82) is 0 Å². The molecule has 0 aliphatic heterocycles. The Morgan fingerprint density at radius 1 is 1.14 bits per heavy atom. The minimum Gasteiger partial charge on any atom is -0.450 e. The zero-order chi connectivity index (χ0) is 15.6. The largest absolute Gasteiger partial charge is 0.450 e. The zero-order valence-electron chi connectivity index (χ0n) is 10.9. The van der Waals surface area contributed by atoms with E-state index in [1.807, 2.05) is 0 Å². The summed E-state index contributed by atoms with van der Waals surface area (Å²) in [7, 11) is 0. The third kappa shape index (κ3) is 3.81. The van der Waals surface area contributed by atoms with Crippen LogP contribution in [0.25, 0.3) is 0 Å². The van der Waals surface area contributed by atoms with E-state index in [4.69, 9.17) is 4.74 Å². The second-order valence-electron chi connectivity index (χ2n) is 4.33. The molecular formula is C14H11Br2NO4. The summed E-state index contributed by atoms with van der Waals surface area (Å²) in [5.41, 5.74) is 0.399. The fourth-order valence-electron chi connectivity index (χ4n) is 1.78. The fourth-order valence-corrected chi connectivity index (χ4v) is 2.47. The van der Waals surface area contributed by atoms with Crippen LogP contribution in [-0.2, 0) is 0 Å². The van der Waals surface area contributed by atoms with Gasteiger partial charge in [0.1, 0.15) is 5.75 Å². The lowest BCUT2D eigenvalue weighted by Gasteiger charge is -2.13. The molecule has 5 nitrogen and oxygen atoms in total. The fraction of sp³-hybridized carbons (Fsp3) is 0.143. The summed E-state index contributed by atoms with van der Waals surface area (Å²) in [4.78, 5) is 10.6. The number of rotatable bonds is 4. The Balaban J connectivity index is 2.47. The average Bonchev–Trinajstić information content (AvgIpc) is 2.40. The van der Waals surface area contributed by atoms with Crippen LogP contribution in [0.2, 0.25) is 0 Å². The first-order chi connectivity index (χ1) is 9.88. The van der Waals surface area contributed by atoms with Gasteiger partial charge in [0.15, 0.2) is 0 Å². The summed E-state index contributed by atoms with van der Waals surface area (Å²) in [6, 6.07) is 9.67. The van der Waals surface area contributed by atoms with Crippen molar-refractivity contribution in [3.05, 3.63) is 61.0 Å². The quantitative estimate of drug-likeness (QED) is 0.564. The van der Waals surface area contributed by atoms with E-state index in [-0.39, 0.29) is 11.4 Å². The molecule has 7 heteroatoms. The van der Waals surface area contributed by atoms with Crippen LogP contribution in [0, 0.1) is 10.1 Å². The minimum atomic E-state index is -0.748. The standard InChI is InChI=1S/C14H11Br2NO4/c1-8(18)11-4-2-10(16)7-14(11)21-13-5-3-9(15)6-12(13)17(19)20/h2-8,18H,1H3. The highest BCUT2D eigenvalue weighted by molar-refractivity contribution is 9.10. The third-order valence-corrected chi connectivity index (χ3v) is 3.75. The molecule has 2 aromatic rings. The number of benzene rings is 2. The maximum Gasteiger partial charge on any atom is 0.312 e. The van der Waals surface area contributed by atoms with Crippen molar-refractivity contribution in [3.8, 4) is 11.5 Å². The van der Waals surface area contributed by atoms with Gasteiger partial charge in [-0.15, -0.1) is 0 Å². The number of halogens is 2. The normalized spacial score (nSPS) is 12.0. The molecule has 110 valence electrons. The maximum absolute atomic E-state index is 11.1. The number of ether oxygens (including phenoxy) is 1. The highest BCUT2D eigenvalue weighted by atomic mass is 79.9. The van der Waals surface area contributed by atoms with E-state index in [9.17, 15) is 15.2 Å². The predicted octanol–water partition coefficient (Wildman–Crippen LogP) is 4.97.